The van der Waals surface area contributed by atoms with Gasteiger partial charge in [-0.25, -0.2) is 17.2 Å². The van der Waals surface area contributed by atoms with E-state index in [1.165, 1.54) is 12.1 Å². The molecule has 1 heterocycles. The maximum Gasteiger partial charge on any atom is 0.276 e. The summed E-state index contributed by atoms with van der Waals surface area (Å²) in [5, 5.41) is 2.79. The second-order valence-electron chi connectivity index (χ2n) is 4.92. The Bertz CT molecular complexity index is 515. The number of furan rings is 1. The predicted octanol–water partition coefficient (Wildman–Crippen LogP) is 1.91. The maximum atomic E-state index is 12.2. The molecule has 5 nitrogen and oxygen atoms in total. The van der Waals surface area contributed by atoms with Crippen LogP contribution < -0.4 is 5.32 Å². The molecule has 20 heavy (non-hydrogen) atoms. The summed E-state index contributed by atoms with van der Waals surface area (Å²) in [6.45, 7) is 4.40. The average molecular weight is 310 g/mol. The number of nitrogens with one attached hydrogen (secondary N) is 1. The molecule has 1 aromatic rings. The van der Waals surface area contributed by atoms with E-state index in [0.717, 1.165) is 13.6 Å². The minimum Gasteiger partial charge on any atom is -0.447 e. The van der Waals surface area contributed by atoms with Crippen molar-refractivity contribution in [2.24, 2.45) is 5.92 Å². The van der Waals surface area contributed by atoms with Crippen LogP contribution in [-0.4, -0.2) is 39.3 Å². The molecule has 0 unspecified atom stereocenters. The van der Waals surface area contributed by atoms with E-state index in [1.54, 1.807) is 0 Å². The molecule has 0 atom stereocenters. The van der Waals surface area contributed by atoms with Crippen LogP contribution >= 0.6 is 0 Å². The van der Waals surface area contributed by atoms with E-state index in [1.807, 2.05) is 13.8 Å². The van der Waals surface area contributed by atoms with Crippen molar-refractivity contribution in [2.75, 3.05) is 20.1 Å². The lowest BCUT2D eigenvalue weighted by Crippen LogP contribution is -2.31. The quantitative estimate of drug-likeness (QED) is 0.797. The van der Waals surface area contributed by atoms with Crippen LogP contribution in [0.1, 0.15) is 19.6 Å². The number of nitrogens with zero attached hydrogens (tertiary/aromatic N) is 1. The lowest BCUT2D eigenvalue weighted by molar-refractivity contribution is 0.126. The lowest BCUT2D eigenvalue weighted by Gasteiger charge is -2.14. The van der Waals surface area contributed by atoms with Crippen LogP contribution in [0.25, 0.3) is 0 Å². The van der Waals surface area contributed by atoms with E-state index >= 15 is 0 Å². The van der Waals surface area contributed by atoms with Gasteiger partial charge in [-0.15, -0.1) is 0 Å². The standard InChI is InChI=1S/C12H20F2N2O3S/c1-9(2)6-15-7-10-4-5-12(19-10)20(17,18)16(3)8-11(13)14/h4-5,9,11,15H,6-8H2,1-3H3. The predicted molar refractivity (Wildman–Crippen MR) is 71.1 cm³/mol. The number of alkyl halides is 2. The highest BCUT2D eigenvalue weighted by atomic mass is 32.2. The van der Waals surface area contributed by atoms with Gasteiger partial charge in [-0.3, -0.25) is 0 Å². The molecule has 116 valence electrons. The Balaban J connectivity index is 2.70. The normalized spacial score (nSPS) is 12.8. The zero-order valence-corrected chi connectivity index (χ0v) is 12.6. The first-order chi connectivity index (χ1) is 9.23. The Kier molecular flexibility index (Phi) is 6.09. The number of rotatable bonds is 8. The van der Waals surface area contributed by atoms with Gasteiger partial charge < -0.3 is 9.73 Å². The van der Waals surface area contributed by atoms with Crippen LogP contribution in [0.4, 0.5) is 8.78 Å². The summed E-state index contributed by atoms with van der Waals surface area (Å²) in [6.07, 6.45) is -2.73. The van der Waals surface area contributed by atoms with E-state index < -0.39 is 23.0 Å². The number of hydrogen-bond acceptors (Lipinski definition) is 4. The van der Waals surface area contributed by atoms with Crippen molar-refractivity contribution >= 4 is 10.0 Å². The Hall–Kier alpha value is -0.990. The van der Waals surface area contributed by atoms with Crippen molar-refractivity contribution in [3.8, 4) is 0 Å². The first-order valence-corrected chi connectivity index (χ1v) is 7.71. The molecule has 1 aromatic heterocycles. The highest BCUT2D eigenvalue weighted by Gasteiger charge is 2.26. The van der Waals surface area contributed by atoms with Crippen molar-refractivity contribution in [1.82, 2.24) is 9.62 Å². The number of halogens is 2. The van der Waals surface area contributed by atoms with Crippen molar-refractivity contribution < 1.29 is 21.6 Å². The van der Waals surface area contributed by atoms with Crippen molar-refractivity contribution in [3.05, 3.63) is 17.9 Å². The first kappa shape index (κ1) is 17.1. The summed E-state index contributed by atoms with van der Waals surface area (Å²) >= 11 is 0. The molecule has 0 aliphatic heterocycles. The zero-order chi connectivity index (χ0) is 15.3. The molecule has 0 spiro atoms. The molecule has 0 bridgehead atoms. The van der Waals surface area contributed by atoms with Crippen LogP contribution in [0.2, 0.25) is 0 Å². The Labute approximate surface area is 118 Å². The van der Waals surface area contributed by atoms with E-state index in [4.69, 9.17) is 4.42 Å². The fraction of sp³-hybridized carbons (Fsp3) is 0.667. The molecule has 1 N–H and O–H groups in total. The average Bonchev–Trinajstić information content (AvgIpc) is 2.76. The van der Waals surface area contributed by atoms with Gasteiger partial charge in [0.15, 0.2) is 0 Å². The molecule has 1 rings (SSSR count). The summed E-state index contributed by atoms with van der Waals surface area (Å²) in [5.74, 6) is 0.917. The van der Waals surface area contributed by atoms with E-state index in [-0.39, 0.29) is 5.09 Å². The molecule has 0 aliphatic rings. The van der Waals surface area contributed by atoms with E-state index in [2.05, 4.69) is 5.32 Å². The van der Waals surface area contributed by atoms with Gasteiger partial charge in [0, 0.05) is 7.05 Å². The zero-order valence-electron chi connectivity index (χ0n) is 11.8. The molecule has 0 saturated carbocycles. The smallest absolute Gasteiger partial charge is 0.276 e. The molecule has 0 amide bonds. The van der Waals surface area contributed by atoms with Gasteiger partial charge in [-0.1, -0.05) is 13.8 Å². The monoisotopic (exact) mass is 310 g/mol. The number of sulfonamides is 1. The van der Waals surface area contributed by atoms with Crippen molar-refractivity contribution in [1.29, 1.82) is 0 Å². The summed E-state index contributed by atoms with van der Waals surface area (Å²) in [7, 11) is -2.90. The second kappa shape index (κ2) is 7.14. The van der Waals surface area contributed by atoms with Gasteiger partial charge in [0.2, 0.25) is 5.09 Å². The van der Waals surface area contributed by atoms with Crippen LogP contribution in [-0.2, 0) is 16.6 Å². The van der Waals surface area contributed by atoms with Gasteiger partial charge in [0.25, 0.3) is 16.4 Å². The van der Waals surface area contributed by atoms with Gasteiger partial charge in [-0.2, -0.15) is 4.31 Å². The molecule has 0 aromatic carbocycles. The Morgan fingerprint density at radius 3 is 2.55 bits per heavy atom. The summed E-state index contributed by atoms with van der Waals surface area (Å²) in [5.41, 5.74) is 0. The Morgan fingerprint density at radius 2 is 2.00 bits per heavy atom. The molecular formula is C12H20F2N2O3S. The minimum absolute atomic E-state index is 0.318. The summed E-state index contributed by atoms with van der Waals surface area (Å²) in [4.78, 5) is 0. The van der Waals surface area contributed by atoms with E-state index in [9.17, 15) is 17.2 Å². The van der Waals surface area contributed by atoms with Gasteiger partial charge in [0.05, 0.1) is 13.1 Å². The molecule has 0 aliphatic carbocycles. The highest BCUT2D eigenvalue weighted by Crippen LogP contribution is 2.18. The van der Waals surface area contributed by atoms with Gasteiger partial charge >= 0.3 is 0 Å². The number of hydrogen-bond donors (Lipinski definition) is 1. The third kappa shape index (κ3) is 4.84. The van der Waals surface area contributed by atoms with Crippen LogP contribution in [0.3, 0.4) is 0 Å². The van der Waals surface area contributed by atoms with Crippen LogP contribution in [0.5, 0.6) is 0 Å². The highest BCUT2D eigenvalue weighted by molar-refractivity contribution is 7.89. The van der Waals surface area contributed by atoms with Gasteiger partial charge in [-0.05, 0) is 24.6 Å². The molecular weight excluding hydrogens is 290 g/mol. The van der Waals surface area contributed by atoms with Crippen LogP contribution in [0.15, 0.2) is 21.6 Å². The second-order valence-corrected chi connectivity index (χ2v) is 6.90. The molecule has 0 saturated heterocycles. The van der Waals surface area contributed by atoms with Crippen LogP contribution in [0, 0.1) is 5.92 Å². The first-order valence-electron chi connectivity index (χ1n) is 6.27. The fourth-order valence-electron chi connectivity index (χ4n) is 1.52. The van der Waals surface area contributed by atoms with Crippen molar-refractivity contribution in [2.45, 2.75) is 31.9 Å². The summed E-state index contributed by atoms with van der Waals surface area (Å²) < 4.78 is 54.1. The third-order valence-corrected chi connectivity index (χ3v) is 4.25. The largest absolute Gasteiger partial charge is 0.447 e. The Morgan fingerprint density at radius 1 is 1.35 bits per heavy atom. The van der Waals surface area contributed by atoms with E-state index in [0.29, 0.717) is 22.5 Å². The SMILES string of the molecule is CC(C)CNCc1ccc(S(=O)(=O)N(C)CC(F)F)o1. The molecule has 8 heteroatoms. The summed E-state index contributed by atoms with van der Waals surface area (Å²) in [6, 6.07) is 2.81. The molecule has 0 fully saturated rings. The topological polar surface area (TPSA) is 62.6 Å². The fourth-order valence-corrected chi connectivity index (χ4v) is 2.59. The maximum absolute atomic E-state index is 12.2. The lowest BCUT2D eigenvalue weighted by atomic mass is 10.2. The third-order valence-electron chi connectivity index (χ3n) is 2.55. The minimum atomic E-state index is -4.00. The van der Waals surface area contributed by atoms with Gasteiger partial charge in [0.1, 0.15) is 5.76 Å². The van der Waals surface area contributed by atoms with Crippen molar-refractivity contribution in [3.63, 3.8) is 0 Å². The molecule has 0 radical (unpaired) electrons.